The molecule has 0 saturated heterocycles. The minimum absolute atomic E-state index is 0.352. The number of rotatable bonds is 11. The number of anilines is 1. The summed E-state index contributed by atoms with van der Waals surface area (Å²) in [6.07, 6.45) is 1.14. The van der Waals surface area contributed by atoms with Crippen LogP contribution >= 0.6 is 22.6 Å². The topological polar surface area (TPSA) is 98.2 Å². The number of hydrogen-bond acceptors (Lipinski definition) is 6. The monoisotopic (exact) mass is 539 g/mol. The summed E-state index contributed by atoms with van der Waals surface area (Å²) in [7, 11) is 0. The van der Waals surface area contributed by atoms with Crippen LogP contribution < -0.4 is 25.0 Å². The average Bonchev–Trinajstić information content (AvgIpc) is 2.72. The number of hydrogen-bond donors (Lipinski definition) is 2. The molecule has 8 nitrogen and oxygen atoms in total. The fraction of sp³-hybridized carbons (Fsp3) is 0.318. The predicted octanol–water partition coefficient (Wildman–Crippen LogP) is 3.97. The summed E-state index contributed by atoms with van der Waals surface area (Å²) in [6, 6.07) is 10.6. The van der Waals surface area contributed by atoms with Gasteiger partial charge in [0.25, 0.3) is 0 Å². The molecule has 0 fully saturated rings. The zero-order valence-electron chi connectivity index (χ0n) is 17.7. The molecular formula is C22H26IN3O5. The van der Waals surface area contributed by atoms with Gasteiger partial charge in [0.05, 0.1) is 29.6 Å². The summed E-state index contributed by atoms with van der Waals surface area (Å²) in [5.41, 5.74) is 3.67. The van der Waals surface area contributed by atoms with Crippen molar-refractivity contribution in [1.29, 1.82) is 0 Å². The molecule has 0 spiro atoms. The van der Waals surface area contributed by atoms with Crippen molar-refractivity contribution in [2.45, 2.75) is 27.2 Å². The van der Waals surface area contributed by atoms with E-state index in [1.165, 1.54) is 6.21 Å². The molecule has 166 valence electrons. The van der Waals surface area contributed by atoms with Crippen LogP contribution in [-0.2, 0) is 9.59 Å². The van der Waals surface area contributed by atoms with Gasteiger partial charge >= 0.3 is 0 Å². The van der Waals surface area contributed by atoms with Crippen LogP contribution in [0.3, 0.4) is 0 Å². The largest absolute Gasteiger partial charge is 0.494 e. The summed E-state index contributed by atoms with van der Waals surface area (Å²) in [6.45, 7) is 7.28. The Balaban J connectivity index is 1.90. The van der Waals surface area contributed by atoms with E-state index in [1.807, 2.05) is 26.8 Å². The molecule has 31 heavy (non-hydrogen) atoms. The number of ether oxygens (including phenoxy) is 3. The highest BCUT2D eigenvalue weighted by atomic mass is 127. The van der Waals surface area contributed by atoms with E-state index in [1.54, 1.807) is 30.3 Å². The molecule has 0 radical (unpaired) electrons. The Bertz CT molecular complexity index is 916. The molecule has 2 N–H and O–H groups in total. The third-order valence-electron chi connectivity index (χ3n) is 3.79. The van der Waals surface area contributed by atoms with Gasteiger partial charge in [0.1, 0.15) is 12.2 Å². The molecule has 0 bridgehead atoms. The van der Waals surface area contributed by atoms with Gasteiger partial charge in [-0.2, -0.15) is 5.10 Å². The first-order valence-electron chi connectivity index (χ1n) is 9.90. The van der Waals surface area contributed by atoms with Gasteiger partial charge in [-0.05, 0) is 85.3 Å². The quantitative estimate of drug-likeness (QED) is 0.195. The number of carbonyl (C=O) groups excluding carboxylic acids is 2. The number of nitrogens with one attached hydrogen (secondary N) is 2. The van der Waals surface area contributed by atoms with Gasteiger partial charge in [-0.25, -0.2) is 5.43 Å². The Kier molecular flexibility index (Phi) is 10.1. The molecule has 0 heterocycles. The Labute approximate surface area is 195 Å². The molecule has 0 saturated carbocycles. The lowest BCUT2D eigenvalue weighted by atomic mass is 10.2. The first-order valence-corrected chi connectivity index (χ1v) is 11.0. The first-order chi connectivity index (χ1) is 15.0. The average molecular weight is 539 g/mol. The summed E-state index contributed by atoms with van der Waals surface area (Å²) < 4.78 is 17.5. The number of carbonyl (C=O) groups is 2. The standard InChI is InChI=1S/C22H26IN3O5/c1-4-29-17-9-7-16(8-10-17)25-20(27)13-21(28)26-24-14-15-11-18(23)22(31-6-3)19(12-15)30-5-2/h7-12,14H,4-6,13H2,1-3H3,(H,25,27)(H,26,28). The van der Waals surface area contributed by atoms with Gasteiger partial charge in [0, 0.05) is 5.69 Å². The Morgan fingerprint density at radius 1 is 0.968 bits per heavy atom. The van der Waals surface area contributed by atoms with Crippen LogP contribution in [0, 0.1) is 3.57 Å². The maximum absolute atomic E-state index is 12.0. The summed E-state index contributed by atoms with van der Waals surface area (Å²) in [5.74, 6) is 1.04. The van der Waals surface area contributed by atoms with Crippen molar-refractivity contribution >= 4 is 46.3 Å². The molecule has 0 atom stereocenters. The molecule has 0 aliphatic heterocycles. The number of hydrazone groups is 1. The minimum atomic E-state index is -0.523. The normalized spacial score (nSPS) is 10.6. The van der Waals surface area contributed by atoms with Gasteiger partial charge < -0.3 is 19.5 Å². The number of halogens is 1. The van der Waals surface area contributed by atoms with Gasteiger partial charge in [0.15, 0.2) is 11.5 Å². The molecule has 0 unspecified atom stereocenters. The number of nitrogens with zero attached hydrogens (tertiary/aromatic N) is 1. The van der Waals surface area contributed by atoms with E-state index < -0.39 is 11.8 Å². The molecule has 2 amide bonds. The fourth-order valence-electron chi connectivity index (χ4n) is 2.58. The number of amides is 2. The molecule has 9 heteroatoms. The van der Waals surface area contributed by atoms with Crippen molar-refractivity contribution in [3.05, 3.63) is 45.5 Å². The van der Waals surface area contributed by atoms with Crippen molar-refractivity contribution in [3.8, 4) is 17.2 Å². The highest BCUT2D eigenvalue weighted by Gasteiger charge is 2.12. The summed E-state index contributed by atoms with van der Waals surface area (Å²) in [4.78, 5) is 24.0. The molecule has 2 aromatic rings. The molecule has 0 aromatic heterocycles. The van der Waals surface area contributed by atoms with Crippen molar-refractivity contribution in [2.75, 3.05) is 25.1 Å². The van der Waals surface area contributed by atoms with Gasteiger partial charge in [-0.15, -0.1) is 0 Å². The van der Waals surface area contributed by atoms with Crippen LogP contribution in [0.4, 0.5) is 5.69 Å². The third kappa shape index (κ3) is 8.08. The zero-order chi connectivity index (χ0) is 22.6. The van der Waals surface area contributed by atoms with Gasteiger partial charge in [-0.3, -0.25) is 9.59 Å². The van der Waals surface area contributed by atoms with Gasteiger partial charge in [-0.1, -0.05) is 0 Å². The van der Waals surface area contributed by atoms with Crippen LogP contribution in [0.25, 0.3) is 0 Å². The molecule has 2 aromatic carbocycles. The fourth-order valence-corrected chi connectivity index (χ4v) is 3.36. The van der Waals surface area contributed by atoms with E-state index in [4.69, 9.17) is 14.2 Å². The third-order valence-corrected chi connectivity index (χ3v) is 4.59. The van der Waals surface area contributed by atoms with E-state index in [-0.39, 0.29) is 6.42 Å². The van der Waals surface area contributed by atoms with E-state index in [9.17, 15) is 9.59 Å². The Morgan fingerprint density at radius 3 is 2.29 bits per heavy atom. The second-order valence-corrected chi connectivity index (χ2v) is 7.33. The van der Waals surface area contributed by atoms with Crippen molar-refractivity contribution in [2.24, 2.45) is 5.10 Å². The lowest BCUT2D eigenvalue weighted by Crippen LogP contribution is -2.24. The highest BCUT2D eigenvalue weighted by Crippen LogP contribution is 2.33. The summed E-state index contributed by atoms with van der Waals surface area (Å²) in [5, 5.41) is 6.59. The Morgan fingerprint density at radius 2 is 1.65 bits per heavy atom. The smallest absolute Gasteiger partial charge is 0.249 e. The van der Waals surface area contributed by atoms with Crippen molar-refractivity contribution in [3.63, 3.8) is 0 Å². The van der Waals surface area contributed by atoms with Gasteiger partial charge in [0.2, 0.25) is 11.8 Å². The van der Waals surface area contributed by atoms with E-state index in [0.717, 1.165) is 9.13 Å². The van der Waals surface area contributed by atoms with Crippen molar-refractivity contribution in [1.82, 2.24) is 5.43 Å². The van der Waals surface area contributed by atoms with E-state index in [2.05, 4.69) is 38.4 Å². The molecule has 2 rings (SSSR count). The van der Waals surface area contributed by atoms with Crippen molar-refractivity contribution < 1.29 is 23.8 Å². The maximum Gasteiger partial charge on any atom is 0.249 e. The maximum atomic E-state index is 12.0. The first kappa shape index (κ1) is 24.4. The van der Waals surface area contributed by atoms with Crippen LogP contribution in [-0.4, -0.2) is 37.8 Å². The zero-order valence-corrected chi connectivity index (χ0v) is 19.9. The lowest BCUT2D eigenvalue weighted by molar-refractivity contribution is -0.126. The molecule has 0 aliphatic rings. The Hall–Kier alpha value is -2.82. The van der Waals surface area contributed by atoms with Crippen LogP contribution in [0.1, 0.15) is 32.8 Å². The van der Waals surface area contributed by atoms with Crippen LogP contribution in [0.15, 0.2) is 41.5 Å². The summed E-state index contributed by atoms with van der Waals surface area (Å²) >= 11 is 2.16. The molecule has 0 aliphatic carbocycles. The van der Waals surface area contributed by atoms with E-state index >= 15 is 0 Å². The van der Waals surface area contributed by atoms with E-state index in [0.29, 0.717) is 42.8 Å². The second-order valence-electron chi connectivity index (χ2n) is 6.17. The molecular weight excluding hydrogens is 513 g/mol. The predicted molar refractivity (Wildman–Crippen MR) is 128 cm³/mol. The SMILES string of the molecule is CCOc1ccc(NC(=O)CC(=O)NN=Cc2cc(I)c(OCC)c(OCC)c2)cc1. The van der Waals surface area contributed by atoms with Crippen LogP contribution in [0.5, 0.6) is 17.2 Å². The second kappa shape index (κ2) is 12.8. The lowest BCUT2D eigenvalue weighted by Gasteiger charge is -2.13. The van der Waals surface area contributed by atoms with Crippen LogP contribution in [0.2, 0.25) is 0 Å². The highest BCUT2D eigenvalue weighted by molar-refractivity contribution is 14.1. The number of benzene rings is 2. The minimum Gasteiger partial charge on any atom is -0.494 e.